The summed E-state index contributed by atoms with van der Waals surface area (Å²) in [6.07, 6.45) is 3.73. The molecule has 10 nitrogen and oxygen atoms in total. The molecule has 0 fully saturated rings. The van der Waals surface area contributed by atoms with E-state index < -0.39 is 10.0 Å². The van der Waals surface area contributed by atoms with Crippen LogP contribution in [-0.2, 0) is 16.4 Å². The summed E-state index contributed by atoms with van der Waals surface area (Å²) < 4.78 is 23.0. The van der Waals surface area contributed by atoms with Crippen molar-refractivity contribution in [2.45, 2.75) is 11.3 Å². The van der Waals surface area contributed by atoms with Gasteiger partial charge < -0.3 is 11.1 Å². The molecule has 0 aliphatic carbocycles. The van der Waals surface area contributed by atoms with Crippen LogP contribution in [0.15, 0.2) is 66.0 Å². The van der Waals surface area contributed by atoms with Crippen LogP contribution in [0.3, 0.4) is 0 Å². The third-order valence-corrected chi connectivity index (χ3v) is 5.25. The number of sulfonamides is 1. The molecule has 0 atom stereocenters. The summed E-state index contributed by atoms with van der Waals surface area (Å²) >= 11 is 0. The first-order chi connectivity index (χ1) is 14.4. The van der Waals surface area contributed by atoms with Gasteiger partial charge >= 0.3 is 0 Å². The van der Waals surface area contributed by atoms with Crippen molar-refractivity contribution in [3.8, 4) is 11.1 Å². The molecule has 0 aliphatic heterocycles. The van der Waals surface area contributed by atoms with Crippen LogP contribution in [0.4, 0.5) is 17.5 Å². The van der Waals surface area contributed by atoms with Crippen LogP contribution in [0.1, 0.15) is 11.4 Å². The number of rotatable bonds is 6. The maximum Gasteiger partial charge on any atom is 0.238 e. The lowest BCUT2D eigenvalue weighted by Crippen LogP contribution is -2.12. The van der Waals surface area contributed by atoms with E-state index >= 15 is 0 Å². The number of benzene rings is 2. The van der Waals surface area contributed by atoms with E-state index in [1.807, 2.05) is 24.3 Å². The molecule has 30 heavy (non-hydrogen) atoms. The summed E-state index contributed by atoms with van der Waals surface area (Å²) in [5, 5.41) is 14.8. The van der Waals surface area contributed by atoms with Crippen LogP contribution in [0.25, 0.3) is 11.1 Å². The second-order valence-electron chi connectivity index (χ2n) is 6.50. The molecular formula is C19H18N8O2S. The molecule has 11 heteroatoms. The number of nitrogens with two attached hydrogens (primary N) is 2. The molecule has 2 aromatic heterocycles. The molecule has 0 spiro atoms. The largest absolute Gasteiger partial charge is 0.383 e. The minimum absolute atomic E-state index is 0.0116. The van der Waals surface area contributed by atoms with Gasteiger partial charge in [-0.15, -0.1) is 0 Å². The Morgan fingerprint density at radius 1 is 1.07 bits per heavy atom. The van der Waals surface area contributed by atoms with Crippen molar-refractivity contribution in [1.29, 1.82) is 0 Å². The van der Waals surface area contributed by atoms with E-state index in [1.165, 1.54) is 18.5 Å². The molecule has 152 valence electrons. The van der Waals surface area contributed by atoms with Crippen molar-refractivity contribution in [2.24, 2.45) is 5.14 Å². The van der Waals surface area contributed by atoms with Gasteiger partial charge in [0.2, 0.25) is 16.0 Å². The highest BCUT2D eigenvalue weighted by Crippen LogP contribution is 2.26. The Labute approximate surface area is 172 Å². The molecule has 2 aromatic carbocycles. The van der Waals surface area contributed by atoms with Gasteiger partial charge in [-0.3, -0.25) is 5.10 Å². The number of primary sulfonamides is 1. The van der Waals surface area contributed by atoms with Gasteiger partial charge in [0, 0.05) is 23.9 Å². The highest BCUT2D eigenvalue weighted by Gasteiger charge is 2.10. The van der Waals surface area contributed by atoms with Gasteiger partial charge in [-0.2, -0.15) is 10.1 Å². The van der Waals surface area contributed by atoms with E-state index in [1.54, 1.807) is 18.3 Å². The average Bonchev–Trinajstić information content (AvgIpc) is 3.22. The summed E-state index contributed by atoms with van der Waals surface area (Å²) in [4.78, 5) is 12.7. The van der Waals surface area contributed by atoms with Crippen molar-refractivity contribution in [2.75, 3.05) is 11.1 Å². The summed E-state index contributed by atoms with van der Waals surface area (Å²) in [6.45, 7) is 0. The van der Waals surface area contributed by atoms with E-state index in [9.17, 15) is 8.42 Å². The lowest BCUT2D eigenvalue weighted by atomic mass is 10.0. The maximum atomic E-state index is 11.5. The number of aromatic amines is 1. The Hall–Kier alpha value is -3.83. The van der Waals surface area contributed by atoms with Crippen molar-refractivity contribution in [1.82, 2.24) is 25.1 Å². The van der Waals surface area contributed by atoms with Gasteiger partial charge in [-0.05, 0) is 29.3 Å². The molecule has 0 saturated carbocycles. The van der Waals surface area contributed by atoms with Crippen LogP contribution in [-0.4, -0.2) is 33.6 Å². The van der Waals surface area contributed by atoms with Crippen LogP contribution < -0.4 is 16.2 Å². The molecule has 0 aliphatic rings. The Morgan fingerprint density at radius 2 is 1.87 bits per heavy atom. The normalized spacial score (nSPS) is 11.4. The second kappa shape index (κ2) is 7.89. The van der Waals surface area contributed by atoms with E-state index in [0.29, 0.717) is 17.7 Å². The molecule has 0 radical (unpaired) electrons. The monoisotopic (exact) mass is 422 g/mol. The van der Waals surface area contributed by atoms with Crippen LogP contribution >= 0.6 is 0 Å². The zero-order valence-electron chi connectivity index (χ0n) is 15.6. The van der Waals surface area contributed by atoms with Gasteiger partial charge in [0.1, 0.15) is 18.0 Å². The Bertz CT molecular complexity index is 1270. The predicted molar refractivity (Wildman–Crippen MR) is 112 cm³/mol. The van der Waals surface area contributed by atoms with Crippen molar-refractivity contribution < 1.29 is 8.42 Å². The van der Waals surface area contributed by atoms with Gasteiger partial charge in [0.15, 0.2) is 0 Å². The number of nitrogens with zero attached hydrogens (tertiary/aromatic N) is 4. The smallest absolute Gasteiger partial charge is 0.238 e. The third-order valence-electron chi connectivity index (χ3n) is 4.34. The topological polar surface area (TPSA) is 166 Å². The first-order valence-corrected chi connectivity index (χ1v) is 10.4. The standard InChI is InChI=1S/C19H18N8O2S/c20-18-16(13-6-4-12(5-7-13)8-17-23-11-24-27-17)10-22-19(26-18)25-14-2-1-3-15(9-14)30(21,28)29/h1-7,9-11H,8H2,(H2,21,28,29)(H,23,24,27)(H3,20,22,25,26). The molecule has 0 unspecified atom stereocenters. The minimum Gasteiger partial charge on any atom is -0.383 e. The maximum absolute atomic E-state index is 11.5. The number of H-pyrrole nitrogens is 1. The highest BCUT2D eigenvalue weighted by molar-refractivity contribution is 7.89. The van der Waals surface area contributed by atoms with E-state index in [0.717, 1.165) is 17.0 Å². The summed E-state index contributed by atoms with van der Waals surface area (Å²) in [6, 6.07) is 13.9. The molecule has 4 aromatic rings. The Morgan fingerprint density at radius 3 is 2.53 bits per heavy atom. The zero-order valence-corrected chi connectivity index (χ0v) is 16.5. The predicted octanol–water partition coefficient (Wildman–Crippen LogP) is 1.83. The molecule has 0 saturated heterocycles. The molecule has 6 N–H and O–H groups in total. The lowest BCUT2D eigenvalue weighted by Gasteiger charge is -2.10. The zero-order chi connectivity index (χ0) is 21.1. The average molecular weight is 422 g/mol. The summed E-state index contributed by atoms with van der Waals surface area (Å²) in [7, 11) is -3.80. The molecular weight excluding hydrogens is 404 g/mol. The number of aromatic nitrogens is 5. The fraction of sp³-hybridized carbons (Fsp3) is 0.0526. The first kappa shape index (κ1) is 19.5. The first-order valence-electron chi connectivity index (χ1n) is 8.84. The number of hydrogen-bond acceptors (Lipinski definition) is 8. The number of anilines is 3. The molecule has 4 rings (SSSR count). The molecule has 0 bridgehead atoms. The summed E-state index contributed by atoms with van der Waals surface area (Å²) in [5.74, 6) is 1.32. The van der Waals surface area contributed by atoms with Gasteiger partial charge in [-0.1, -0.05) is 30.3 Å². The number of hydrogen-bond donors (Lipinski definition) is 4. The number of nitrogens with one attached hydrogen (secondary N) is 2. The van der Waals surface area contributed by atoms with Crippen molar-refractivity contribution in [3.63, 3.8) is 0 Å². The third kappa shape index (κ3) is 4.42. The van der Waals surface area contributed by atoms with Crippen molar-refractivity contribution in [3.05, 3.63) is 72.4 Å². The van der Waals surface area contributed by atoms with Gasteiger partial charge in [0.05, 0.1) is 4.90 Å². The van der Waals surface area contributed by atoms with Crippen molar-refractivity contribution >= 4 is 27.5 Å². The fourth-order valence-corrected chi connectivity index (χ4v) is 3.43. The molecule has 2 heterocycles. The highest BCUT2D eigenvalue weighted by atomic mass is 32.2. The summed E-state index contributed by atoms with van der Waals surface area (Å²) in [5.41, 5.74) is 9.23. The lowest BCUT2D eigenvalue weighted by molar-refractivity contribution is 0.598. The van der Waals surface area contributed by atoms with Crippen LogP contribution in [0.2, 0.25) is 0 Å². The van der Waals surface area contributed by atoms with Crippen LogP contribution in [0.5, 0.6) is 0 Å². The Kier molecular flexibility index (Phi) is 5.12. The Balaban J connectivity index is 1.52. The van der Waals surface area contributed by atoms with Gasteiger partial charge in [-0.25, -0.2) is 23.5 Å². The quantitative estimate of drug-likeness (QED) is 0.365. The number of nitrogen functional groups attached to an aromatic ring is 1. The van der Waals surface area contributed by atoms with E-state index in [-0.39, 0.29) is 16.7 Å². The minimum atomic E-state index is -3.80. The second-order valence-corrected chi connectivity index (χ2v) is 8.06. The molecule has 0 amide bonds. The van der Waals surface area contributed by atoms with E-state index in [4.69, 9.17) is 10.9 Å². The SMILES string of the molecule is Nc1nc(Nc2cccc(S(N)(=O)=O)c2)ncc1-c1ccc(Cc2ncn[nH]2)cc1. The van der Waals surface area contributed by atoms with Crippen LogP contribution in [0, 0.1) is 0 Å². The van der Waals surface area contributed by atoms with Gasteiger partial charge in [0.25, 0.3) is 0 Å². The van der Waals surface area contributed by atoms with E-state index in [2.05, 4.69) is 30.5 Å². The fourth-order valence-electron chi connectivity index (χ4n) is 2.87.